The summed E-state index contributed by atoms with van der Waals surface area (Å²) in [5.74, 6) is -1.01. The lowest BCUT2D eigenvalue weighted by Crippen LogP contribution is -2.46. The van der Waals surface area contributed by atoms with Crippen LogP contribution in [0.2, 0.25) is 5.02 Å². The monoisotopic (exact) mass is 284 g/mol. The molecule has 1 atom stereocenters. The molecule has 104 valence electrons. The second-order valence-corrected chi connectivity index (χ2v) is 4.59. The van der Waals surface area contributed by atoms with E-state index in [1.807, 2.05) is 0 Å². The molecule has 1 aromatic carbocycles. The number of nitrogens with zero attached hydrogens (tertiary/aromatic N) is 1. The van der Waals surface area contributed by atoms with E-state index in [0.717, 1.165) is 5.56 Å². The minimum absolute atomic E-state index is 0.330. The number of nitrogens with one attached hydrogen (secondary N) is 1. The van der Waals surface area contributed by atoms with Crippen molar-refractivity contribution in [2.24, 2.45) is 0 Å². The quantitative estimate of drug-likeness (QED) is 0.872. The van der Waals surface area contributed by atoms with Gasteiger partial charge in [0.1, 0.15) is 6.04 Å². The van der Waals surface area contributed by atoms with Gasteiger partial charge in [-0.05, 0) is 24.1 Å². The number of aliphatic carboxylic acids is 1. The third-order valence-corrected chi connectivity index (χ3v) is 3.07. The van der Waals surface area contributed by atoms with E-state index in [1.165, 1.54) is 11.9 Å². The predicted octanol–water partition coefficient (Wildman–Crippen LogP) is 2.34. The van der Waals surface area contributed by atoms with Crippen molar-refractivity contribution in [2.75, 3.05) is 7.05 Å². The molecular weight excluding hydrogens is 268 g/mol. The maximum atomic E-state index is 11.8. The first-order chi connectivity index (χ1) is 8.95. The van der Waals surface area contributed by atoms with Gasteiger partial charge < -0.3 is 15.3 Å². The van der Waals surface area contributed by atoms with Crippen LogP contribution in [0.15, 0.2) is 24.3 Å². The molecule has 0 saturated carbocycles. The normalized spacial score (nSPS) is 11.7. The zero-order valence-electron chi connectivity index (χ0n) is 10.9. The summed E-state index contributed by atoms with van der Waals surface area (Å²) < 4.78 is 0. The lowest BCUT2D eigenvalue weighted by molar-refractivity contribution is -0.141. The highest BCUT2D eigenvalue weighted by Gasteiger charge is 2.24. The first-order valence-corrected chi connectivity index (χ1v) is 6.31. The number of benzene rings is 1. The van der Waals surface area contributed by atoms with Gasteiger partial charge in [-0.25, -0.2) is 9.59 Å². The Morgan fingerprint density at radius 2 is 1.95 bits per heavy atom. The number of urea groups is 1. The van der Waals surface area contributed by atoms with Crippen LogP contribution in [0.4, 0.5) is 4.79 Å². The highest BCUT2D eigenvalue weighted by Crippen LogP contribution is 2.09. The number of rotatable bonds is 5. The van der Waals surface area contributed by atoms with E-state index < -0.39 is 18.0 Å². The van der Waals surface area contributed by atoms with Crippen molar-refractivity contribution in [3.05, 3.63) is 34.9 Å². The average molecular weight is 285 g/mol. The first kappa shape index (κ1) is 15.3. The Labute approximate surface area is 117 Å². The number of hydrogen-bond acceptors (Lipinski definition) is 2. The molecule has 2 N–H and O–H groups in total. The fourth-order valence-electron chi connectivity index (χ4n) is 1.66. The van der Waals surface area contributed by atoms with Crippen molar-refractivity contribution in [1.82, 2.24) is 10.2 Å². The predicted molar refractivity (Wildman–Crippen MR) is 73.2 cm³/mol. The molecule has 2 amide bonds. The molecule has 0 aliphatic rings. The molecule has 6 heteroatoms. The van der Waals surface area contributed by atoms with Crippen LogP contribution in [0.25, 0.3) is 0 Å². The van der Waals surface area contributed by atoms with Crippen LogP contribution in [0.3, 0.4) is 0 Å². The zero-order valence-corrected chi connectivity index (χ0v) is 11.6. The van der Waals surface area contributed by atoms with Crippen molar-refractivity contribution < 1.29 is 14.7 Å². The van der Waals surface area contributed by atoms with Gasteiger partial charge in [0.05, 0.1) is 0 Å². The molecule has 0 aliphatic heterocycles. The second kappa shape index (κ2) is 6.99. The van der Waals surface area contributed by atoms with E-state index in [1.54, 1.807) is 31.2 Å². The Hall–Kier alpha value is -1.75. The fraction of sp³-hybridized carbons (Fsp3) is 0.385. The van der Waals surface area contributed by atoms with Crippen molar-refractivity contribution in [3.63, 3.8) is 0 Å². The number of amides is 2. The van der Waals surface area contributed by atoms with Gasteiger partial charge in [-0.3, -0.25) is 0 Å². The van der Waals surface area contributed by atoms with Gasteiger partial charge in [0.25, 0.3) is 0 Å². The lowest BCUT2D eigenvalue weighted by atomic mass is 10.2. The van der Waals surface area contributed by atoms with Crippen LogP contribution < -0.4 is 5.32 Å². The summed E-state index contributed by atoms with van der Waals surface area (Å²) in [6, 6.07) is 5.85. The van der Waals surface area contributed by atoms with Gasteiger partial charge in [-0.2, -0.15) is 0 Å². The van der Waals surface area contributed by atoms with Gasteiger partial charge in [0, 0.05) is 18.6 Å². The summed E-state index contributed by atoms with van der Waals surface area (Å²) in [5, 5.41) is 12.3. The molecule has 0 radical (unpaired) electrons. The maximum absolute atomic E-state index is 11.8. The van der Waals surface area contributed by atoms with E-state index >= 15 is 0 Å². The number of carbonyl (C=O) groups excluding carboxylic acids is 1. The molecule has 0 spiro atoms. The lowest BCUT2D eigenvalue weighted by Gasteiger charge is -2.24. The topological polar surface area (TPSA) is 69.6 Å². The van der Waals surface area contributed by atoms with Crippen LogP contribution in [0.1, 0.15) is 18.9 Å². The standard InChI is InChI=1S/C13H17ClN2O3/c1-3-11(12(17)18)16(2)13(19)15-8-9-4-6-10(14)7-5-9/h4-7,11H,3,8H2,1-2H3,(H,15,19)(H,17,18). The Kier molecular flexibility index (Phi) is 5.63. The van der Waals surface area contributed by atoms with E-state index in [0.29, 0.717) is 18.0 Å². The van der Waals surface area contributed by atoms with E-state index in [4.69, 9.17) is 16.7 Å². The summed E-state index contributed by atoms with van der Waals surface area (Å²) >= 11 is 5.76. The van der Waals surface area contributed by atoms with Gasteiger partial charge in [-0.15, -0.1) is 0 Å². The van der Waals surface area contributed by atoms with Crippen LogP contribution in [-0.2, 0) is 11.3 Å². The molecular formula is C13H17ClN2O3. The molecule has 0 bridgehead atoms. The van der Waals surface area contributed by atoms with Crippen molar-refractivity contribution in [1.29, 1.82) is 0 Å². The van der Waals surface area contributed by atoms with Gasteiger partial charge in [0.15, 0.2) is 0 Å². The number of carboxylic acids is 1. The molecule has 1 unspecified atom stereocenters. The smallest absolute Gasteiger partial charge is 0.326 e. The average Bonchev–Trinajstić information content (AvgIpc) is 2.38. The summed E-state index contributed by atoms with van der Waals surface area (Å²) in [7, 11) is 1.47. The minimum Gasteiger partial charge on any atom is -0.480 e. The maximum Gasteiger partial charge on any atom is 0.326 e. The largest absolute Gasteiger partial charge is 0.480 e. The minimum atomic E-state index is -1.01. The van der Waals surface area contributed by atoms with E-state index in [2.05, 4.69) is 5.32 Å². The highest BCUT2D eigenvalue weighted by atomic mass is 35.5. The Morgan fingerprint density at radius 1 is 1.37 bits per heavy atom. The number of carboxylic acid groups (broad SMARTS) is 1. The van der Waals surface area contributed by atoms with Crippen LogP contribution in [-0.4, -0.2) is 35.1 Å². The highest BCUT2D eigenvalue weighted by molar-refractivity contribution is 6.30. The van der Waals surface area contributed by atoms with E-state index in [-0.39, 0.29) is 0 Å². The van der Waals surface area contributed by atoms with Crippen molar-refractivity contribution in [3.8, 4) is 0 Å². The van der Waals surface area contributed by atoms with Gasteiger partial charge >= 0.3 is 12.0 Å². The molecule has 0 aliphatic carbocycles. The number of hydrogen-bond donors (Lipinski definition) is 2. The van der Waals surface area contributed by atoms with Crippen LogP contribution in [0, 0.1) is 0 Å². The number of likely N-dealkylation sites (N-methyl/N-ethyl adjacent to an activating group) is 1. The summed E-state index contributed by atoms with van der Waals surface area (Å²) in [5.41, 5.74) is 0.898. The molecule has 5 nitrogen and oxygen atoms in total. The Bertz CT molecular complexity index is 448. The summed E-state index contributed by atoms with van der Waals surface area (Å²) in [6.45, 7) is 2.05. The summed E-state index contributed by atoms with van der Waals surface area (Å²) in [4.78, 5) is 24.0. The first-order valence-electron chi connectivity index (χ1n) is 5.93. The molecule has 0 fully saturated rings. The third-order valence-electron chi connectivity index (χ3n) is 2.82. The fourth-order valence-corrected chi connectivity index (χ4v) is 1.79. The van der Waals surface area contributed by atoms with Gasteiger partial charge in [-0.1, -0.05) is 30.7 Å². The van der Waals surface area contributed by atoms with Crippen LogP contribution >= 0.6 is 11.6 Å². The molecule has 0 saturated heterocycles. The molecule has 1 rings (SSSR count). The van der Waals surface area contributed by atoms with Crippen molar-refractivity contribution >= 4 is 23.6 Å². The Balaban J connectivity index is 2.55. The molecule has 0 heterocycles. The second-order valence-electron chi connectivity index (χ2n) is 4.16. The van der Waals surface area contributed by atoms with Crippen molar-refractivity contribution in [2.45, 2.75) is 25.9 Å². The number of halogens is 1. The molecule has 0 aromatic heterocycles. The molecule has 19 heavy (non-hydrogen) atoms. The SMILES string of the molecule is CCC(C(=O)O)N(C)C(=O)NCc1ccc(Cl)cc1. The zero-order chi connectivity index (χ0) is 14.4. The number of carbonyl (C=O) groups is 2. The molecule has 1 aromatic rings. The van der Waals surface area contributed by atoms with Gasteiger partial charge in [0.2, 0.25) is 0 Å². The van der Waals surface area contributed by atoms with Crippen LogP contribution in [0.5, 0.6) is 0 Å². The van der Waals surface area contributed by atoms with E-state index in [9.17, 15) is 9.59 Å². The third kappa shape index (κ3) is 4.44. The Morgan fingerprint density at radius 3 is 2.42 bits per heavy atom. The summed E-state index contributed by atoms with van der Waals surface area (Å²) in [6.07, 6.45) is 0.361.